The molecule has 0 aliphatic heterocycles. The molecule has 96 valence electrons. The Morgan fingerprint density at radius 3 is 2.12 bits per heavy atom. The normalized spacial score (nSPS) is 13.9. The van der Waals surface area contributed by atoms with Crippen molar-refractivity contribution < 1.29 is 9.90 Å². The molecule has 1 atom stereocenters. The SMILES string of the molecule is CC(C)C[C@@H](CN)CN(C(=O)O)C(C)(C)C. The fourth-order valence-corrected chi connectivity index (χ4v) is 1.81. The van der Waals surface area contributed by atoms with Gasteiger partial charge in [-0.25, -0.2) is 4.79 Å². The zero-order chi connectivity index (χ0) is 12.9. The number of hydrogen-bond acceptors (Lipinski definition) is 2. The summed E-state index contributed by atoms with van der Waals surface area (Å²) in [4.78, 5) is 12.6. The highest BCUT2D eigenvalue weighted by atomic mass is 16.4. The van der Waals surface area contributed by atoms with Crippen LogP contribution in [0.3, 0.4) is 0 Å². The average molecular weight is 230 g/mol. The molecule has 0 spiro atoms. The molecule has 0 bridgehead atoms. The second-order valence-electron chi connectivity index (χ2n) is 5.80. The summed E-state index contributed by atoms with van der Waals surface area (Å²) in [6, 6.07) is 0. The smallest absolute Gasteiger partial charge is 0.407 e. The van der Waals surface area contributed by atoms with Crippen LogP contribution in [0, 0.1) is 11.8 Å². The minimum absolute atomic E-state index is 0.246. The van der Waals surface area contributed by atoms with Crippen LogP contribution in [0.5, 0.6) is 0 Å². The molecule has 0 aliphatic carbocycles. The number of carboxylic acid groups (broad SMARTS) is 1. The third kappa shape index (κ3) is 5.35. The van der Waals surface area contributed by atoms with Crippen LogP contribution in [-0.2, 0) is 0 Å². The van der Waals surface area contributed by atoms with Gasteiger partial charge in [0.15, 0.2) is 0 Å². The third-order valence-corrected chi connectivity index (χ3v) is 2.62. The van der Waals surface area contributed by atoms with Crippen LogP contribution in [0.4, 0.5) is 4.79 Å². The van der Waals surface area contributed by atoms with Crippen LogP contribution >= 0.6 is 0 Å². The van der Waals surface area contributed by atoms with Crippen molar-refractivity contribution in [1.29, 1.82) is 0 Å². The Bertz CT molecular complexity index is 222. The Morgan fingerprint density at radius 1 is 1.38 bits per heavy atom. The van der Waals surface area contributed by atoms with E-state index in [9.17, 15) is 9.90 Å². The van der Waals surface area contributed by atoms with Gasteiger partial charge in [-0.05, 0) is 45.6 Å². The van der Waals surface area contributed by atoms with E-state index in [-0.39, 0.29) is 11.5 Å². The lowest BCUT2D eigenvalue weighted by molar-refractivity contribution is 0.0867. The number of carbonyl (C=O) groups is 1. The highest BCUT2D eigenvalue weighted by Gasteiger charge is 2.28. The van der Waals surface area contributed by atoms with Gasteiger partial charge in [0.05, 0.1) is 0 Å². The maximum absolute atomic E-state index is 11.2. The maximum Gasteiger partial charge on any atom is 0.407 e. The Balaban J connectivity index is 4.54. The number of nitrogens with two attached hydrogens (primary N) is 1. The molecule has 0 heterocycles. The molecule has 0 aromatic heterocycles. The summed E-state index contributed by atoms with van der Waals surface area (Å²) in [7, 11) is 0. The highest BCUT2D eigenvalue weighted by Crippen LogP contribution is 2.19. The van der Waals surface area contributed by atoms with Gasteiger partial charge in [-0.15, -0.1) is 0 Å². The molecule has 4 nitrogen and oxygen atoms in total. The van der Waals surface area contributed by atoms with Gasteiger partial charge in [0.25, 0.3) is 0 Å². The number of amides is 1. The first-order valence-electron chi connectivity index (χ1n) is 5.89. The monoisotopic (exact) mass is 230 g/mol. The van der Waals surface area contributed by atoms with Crippen LogP contribution < -0.4 is 5.73 Å². The van der Waals surface area contributed by atoms with Gasteiger partial charge < -0.3 is 15.7 Å². The zero-order valence-electron chi connectivity index (χ0n) is 11.2. The molecule has 3 N–H and O–H groups in total. The van der Waals surface area contributed by atoms with Crippen molar-refractivity contribution in [1.82, 2.24) is 4.90 Å². The van der Waals surface area contributed by atoms with Crippen LogP contribution in [0.15, 0.2) is 0 Å². The standard InChI is InChI=1S/C12H26N2O2/c1-9(2)6-10(7-13)8-14(11(15)16)12(3,4)5/h9-10H,6-8,13H2,1-5H3,(H,15,16)/t10-/m0/s1. The van der Waals surface area contributed by atoms with Gasteiger partial charge in [-0.3, -0.25) is 0 Å². The van der Waals surface area contributed by atoms with E-state index < -0.39 is 6.09 Å². The molecule has 0 saturated heterocycles. The topological polar surface area (TPSA) is 66.6 Å². The van der Waals surface area contributed by atoms with Crippen LogP contribution in [0.1, 0.15) is 41.0 Å². The first-order valence-corrected chi connectivity index (χ1v) is 5.89. The summed E-state index contributed by atoms with van der Waals surface area (Å²) in [6.07, 6.45) is 0.103. The number of rotatable bonds is 5. The predicted octanol–water partition coefficient (Wildman–Crippen LogP) is 2.39. The van der Waals surface area contributed by atoms with Crippen molar-refractivity contribution in [2.24, 2.45) is 17.6 Å². The van der Waals surface area contributed by atoms with Crippen molar-refractivity contribution in [2.75, 3.05) is 13.1 Å². The summed E-state index contributed by atoms with van der Waals surface area (Å²) >= 11 is 0. The van der Waals surface area contributed by atoms with Crippen molar-refractivity contribution >= 4 is 6.09 Å². The Morgan fingerprint density at radius 2 is 1.88 bits per heavy atom. The van der Waals surface area contributed by atoms with Crippen molar-refractivity contribution in [3.8, 4) is 0 Å². The van der Waals surface area contributed by atoms with E-state index in [4.69, 9.17) is 5.73 Å². The van der Waals surface area contributed by atoms with E-state index in [1.54, 1.807) is 0 Å². The molecular formula is C12H26N2O2. The highest BCUT2D eigenvalue weighted by molar-refractivity contribution is 5.66. The molecule has 0 fully saturated rings. The second-order valence-corrected chi connectivity index (χ2v) is 5.80. The Kier molecular flexibility index (Phi) is 5.79. The molecule has 16 heavy (non-hydrogen) atoms. The van der Waals surface area contributed by atoms with Gasteiger partial charge in [0.1, 0.15) is 0 Å². The maximum atomic E-state index is 11.2. The predicted molar refractivity (Wildman–Crippen MR) is 66.5 cm³/mol. The molecule has 0 unspecified atom stereocenters. The minimum atomic E-state index is -0.866. The largest absolute Gasteiger partial charge is 0.465 e. The fourth-order valence-electron chi connectivity index (χ4n) is 1.81. The van der Waals surface area contributed by atoms with E-state index in [0.717, 1.165) is 6.42 Å². The third-order valence-electron chi connectivity index (χ3n) is 2.62. The lowest BCUT2D eigenvalue weighted by Gasteiger charge is -2.36. The van der Waals surface area contributed by atoms with E-state index in [1.807, 2.05) is 20.8 Å². The Hall–Kier alpha value is -0.770. The van der Waals surface area contributed by atoms with Crippen LogP contribution in [0.25, 0.3) is 0 Å². The minimum Gasteiger partial charge on any atom is -0.465 e. The molecule has 0 aliphatic rings. The number of hydrogen-bond donors (Lipinski definition) is 2. The fraction of sp³-hybridized carbons (Fsp3) is 0.917. The van der Waals surface area contributed by atoms with E-state index >= 15 is 0 Å². The molecule has 0 aromatic rings. The average Bonchev–Trinajstić information content (AvgIpc) is 2.08. The summed E-state index contributed by atoms with van der Waals surface area (Å²) in [6.45, 7) is 11.0. The lowest BCUT2D eigenvalue weighted by atomic mass is 9.95. The molecular weight excluding hydrogens is 204 g/mol. The lowest BCUT2D eigenvalue weighted by Crippen LogP contribution is -2.48. The first kappa shape index (κ1) is 15.2. The summed E-state index contributed by atoms with van der Waals surface area (Å²) < 4.78 is 0. The van der Waals surface area contributed by atoms with E-state index in [1.165, 1.54) is 4.90 Å². The van der Waals surface area contributed by atoms with Gasteiger partial charge in [0.2, 0.25) is 0 Å². The molecule has 0 radical (unpaired) electrons. The molecule has 1 amide bonds. The quantitative estimate of drug-likeness (QED) is 0.762. The van der Waals surface area contributed by atoms with Crippen molar-refractivity contribution in [2.45, 2.75) is 46.6 Å². The molecule has 0 aromatic carbocycles. The first-order chi connectivity index (χ1) is 7.18. The van der Waals surface area contributed by atoms with Crippen LogP contribution in [-0.4, -0.2) is 34.7 Å². The summed E-state index contributed by atoms with van der Waals surface area (Å²) in [5.74, 6) is 0.791. The Labute approximate surface area is 98.8 Å². The van der Waals surface area contributed by atoms with Crippen molar-refractivity contribution in [3.05, 3.63) is 0 Å². The van der Waals surface area contributed by atoms with Gasteiger partial charge in [-0.1, -0.05) is 13.8 Å². The van der Waals surface area contributed by atoms with Gasteiger partial charge in [0, 0.05) is 12.1 Å². The van der Waals surface area contributed by atoms with E-state index in [0.29, 0.717) is 19.0 Å². The second kappa shape index (κ2) is 6.09. The number of nitrogens with zero attached hydrogens (tertiary/aromatic N) is 1. The molecule has 0 saturated carbocycles. The molecule has 4 heteroatoms. The molecule has 0 rings (SSSR count). The zero-order valence-corrected chi connectivity index (χ0v) is 11.2. The summed E-state index contributed by atoms with van der Waals surface area (Å²) in [5.41, 5.74) is 5.33. The summed E-state index contributed by atoms with van der Waals surface area (Å²) in [5, 5.41) is 9.17. The van der Waals surface area contributed by atoms with Crippen molar-refractivity contribution in [3.63, 3.8) is 0 Å². The van der Waals surface area contributed by atoms with Gasteiger partial charge >= 0.3 is 6.09 Å². The van der Waals surface area contributed by atoms with Crippen LogP contribution in [0.2, 0.25) is 0 Å². The van der Waals surface area contributed by atoms with Gasteiger partial charge in [-0.2, -0.15) is 0 Å². The van der Waals surface area contributed by atoms with E-state index in [2.05, 4.69) is 13.8 Å².